The number of rotatable bonds is 5. The van der Waals surface area contributed by atoms with Gasteiger partial charge < -0.3 is 9.64 Å². The highest BCUT2D eigenvalue weighted by Crippen LogP contribution is 2.26. The van der Waals surface area contributed by atoms with E-state index in [0.29, 0.717) is 24.0 Å². The Hall–Kier alpha value is -2.29. The van der Waals surface area contributed by atoms with Gasteiger partial charge >= 0.3 is 0 Å². The fraction of sp³-hybridized carbons (Fsp3) is 0.381. The van der Waals surface area contributed by atoms with Gasteiger partial charge in [0.1, 0.15) is 12.4 Å². The van der Waals surface area contributed by atoms with Gasteiger partial charge in [-0.2, -0.15) is 0 Å². The summed E-state index contributed by atoms with van der Waals surface area (Å²) in [5.74, 6) is 0.722. The third-order valence-electron chi connectivity index (χ3n) is 4.80. The van der Waals surface area contributed by atoms with Crippen molar-refractivity contribution in [3.8, 4) is 5.75 Å². The van der Waals surface area contributed by atoms with Crippen LogP contribution < -0.4 is 4.74 Å². The molecule has 0 spiro atoms. The number of hydrogen-bond acceptors (Lipinski definition) is 2. The molecular formula is C21H25NO2. The molecule has 0 heterocycles. The van der Waals surface area contributed by atoms with Crippen LogP contribution in [0.15, 0.2) is 54.6 Å². The molecule has 0 atom stereocenters. The highest BCUT2D eigenvalue weighted by atomic mass is 16.5. The Balaban J connectivity index is 1.71. The van der Waals surface area contributed by atoms with Crippen molar-refractivity contribution in [3.05, 3.63) is 65.7 Å². The van der Waals surface area contributed by atoms with E-state index in [4.69, 9.17) is 4.74 Å². The third-order valence-corrected chi connectivity index (χ3v) is 4.80. The van der Waals surface area contributed by atoms with Gasteiger partial charge in [0.2, 0.25) is 0 Å². The van der Waals surface area contributed by atoms with Gasteiger partial charge in [0.25, 0.3) is 5.91 Å². The second kappa shape index (κ2) is 8.00. The highest BCUT2D eigenvalue weighted by Gasteiger charge is 2.24. The van der Waals surface area contributed by atoms with Crippen molar-refractivity contribution in [1.29, 1.82) is 0 Å². The Morgan fingerprint density at radius 1 is 1.00 bits per heavy atom. The molecule has 24 heavy (non-hydrogen) atoms. The SMILES string of the molecule is CN(C(=O)c1ccccc1OCc1ccccc1)C1CCCCC1. The third kappa shape index (κ3) is 3.97. The lowest BCUT2D eigenvalue weighted by Gasteiger charge is -2.31. The fourth-order valence-corrected chi connectivity index (χ4v) is 3.33. The van der Waals surface area contributed by atoms with E-state index in [1.807, 2.05) is 66.5 Å². The molecule has 0 aromatic heterocycles. The van der Waals surface area contributed by atoms with E-state index in [-0.39, 0.29) is 5.91 Å². The molecule has 1 saturated carbocycles. The van der Waals surface area contributed by atoms with Crippen molar-refractivity contribution in [3.63, 3.8) is 0 Å². The molecule has 0 radical (unpaired) electrons. The second-order valence-corrected chi connectivity index (χ2v) is 6.48. The number of nitrogens with zero attached hydrogens (tertiary/aromatic N) is 1. The zero-order chi connectivity index (χ0) is 16.8. The maximum atomic E-state index is 12.9. The average molecular weight is 323 g/mol. The smallest absolute Gasteiger partial charge is 0.257 e. The van der Waals surface area contributed by atoms with Crippen molar-refractivity contribution in [2.45, 2.75) is 44.8 Å². The minimum Gasteiger partial charge on any atom is -0.488 e. The first kappa shape index (κ1) is 16.6. The van der Waals surface area contributed by atoms with E-state index < -0.39 is 0 Å². The molecule has 0 bridgehead atoms. The summed E-state index contributed by atoms with van der Waals surface area (Å²) in [7, 11) is 1.92. The largest absolute Gasteiger partial charge is 0.488 e. The summed E-state index contributed by atoms with van der Waals surface area (Å²) in [5, 5.41) is 0. The first-order chi connectivity index (χ1) is 11.8. The van der Waals surface area contributed by atoms with Gasteiger partial charge in [0, 0.05) is 13.1 Å². The Morgan fingerprint density at radius 3 is 2.42 bits per heavy atom. The molecule has 0 aliphatic heterocycles. The summed E-state index contributed by atoms with van der Waals surface area (Å²) in [6.07, 6.45) is 5.93. The van der Waals surface area contributed by atoms with Gasteiger partial charge in [-0.1, -0.05) is 61.7 Å². The summed E-state index contributed by atoms with van der Waals surface area (Å²) < 4.78 is 5.93. The highest BCUT2D eigenvalue weighted by molar-refractivity contribution is 5.97. The van der Waals surface area contributed by atoms with Crippen LogP contribution in [-0.2, 0) is 6.61 Å². The van der Waals surface area contributed by atoms with E-state index in [2.05, 4.69) is 0 Å². The molecule has 2 aromatic rings. The van der Waals surface area contributed by atoms with Crippen molar-refractivity contribution < 1.29 is 9.53 Å². The first-order valence-electron chi connectivity index (χ1n) is 8.78. The molecule has 0 saturated heterocycles. The molecule has 3 rings (SSSR count). The Bertz CT molecular complexity index is 663. The summed E-state index contributed by atoms with van der Waals surface area (Å²) in [6.45, 7) is 0.471. The van der Waals surface area contributed by atoms with Crippen LogP contribution in [0.5, 0.6) is 5.75 Å². The molecule has 0 N–H and O–H groups in total. The number of carbonyl (C=O) groups excluding carboxylic acids is 1. The van der Waals surface area contributed by atoms with Crippen LogP contribution in [0.4, 0.5) is 0 Å². The predicted molar refractivity (Wildman–Crippen MR) is 96.2 cm³/mol. The van der Waals surface area contributed by atoms with Crippen molar-refractivity contribution in [2.24, 2.45) is 0 Å². The molecular weight excluding hydrogens is 298 g/mol. The van der Waals surface area contributed by atoms with E-state index in [1.54, 1.807) is 0 Å². The lowest BCUT2D eigenvalue weighted by Crippen LogP contribution is -2.38. The normalized spacial score (nSPS) is 15.0. The zero-order valence-electron chi connectivity index (χ0n) is 14.3. The standard InChI is InChI=1S/C21H25NO2/c1-22(18-12-6-3-7-13-18)21(23)19-14-8-9-15-20(19)24-16-17-10-4-2-5-11-17/h2,4-5,8-11,14-15,18H,3,6-7,12-13,16H2,1H3. The molecule has 1 aliphatic carbocycles. The van der Waals surface area contributed by atoms with E-state index in [1.165, 1.54) is 19.3 Å². The molecule has 3 heteroatoms. The predicted octanol–water partition coefficient (Wildman–Crippen LogP) is 4.67. The average Bonchev–Trinajstić information content (AvgIpc) is 2.67. The Labute approximate surface area is 144 Å². The van der Waals surface area contributed by atoms with Crippen LogP contribution in [-0.4, -0.2) is 23.9 Å². The minimum absolute atomic E-state index is 0.0607. The summed E-state index contributed by atoms with van der Waals surface area (Å²) in [4.78, 5) is 14.8. The van der Waals surface area contributed by atoms with Crippen LogP contribution in [0.25, 0.3) is 0 Å². The number of amides is 1. The number of benzene rings is 2. The molecule has 1 fully saturated rings. The number of carbonyl (C=O) groups is 1. The Morgan fingerprint density at radius 2 is 1.67 bits per heavy atom. The molecule has 1 aliphatic rings. The lowest BCUT2D eigenvalue weighted by molar-refractivity contribution is 0.0691. The van der Waals surface area contributed by atoms with E-state index in [9.17, 15) is 4.79 Å². The molecule has 0 unspecified atom stereocenters. The van der Waals surface area contributed by atoms with Gasteiger partial charge in [-0.25, -0.2) is 0 Å². The number of hydrogen-bond donors (Lipinski definition) is 0. The fourth-order valence-electron chi connectivity index (χ4n) is 3.33. The van der Waals surface area contributed by atoms with Crippen molar-refractivity contribution >= 4 is 5.91 Å². The number of ether oxygens (including phenoxy) is 1. The Kier molecular flexibility index (Phi) is 5.52. The van der Waals surface area contributed by atoms with Crippen LogP contribution >= 0.6 is 0 Å². The van der Waals surface area contributed by atoms with E-state index in [0.717, 1.165) is 18.4 Å². The van der Waals surface area contributed by atoms with Gasteiger partial charge in [-0.15, -0.1) is 0 Å². The maximum absolute atomic E-state index is 12.9. The van der Waals surface area contributed by atoms with Crippen LogP contribution in [0.3, 0.4) is 0 Å². The molecule has 2 aromatic carbocycles. The quantitative estimate of drug-likeness (QED) is 0.800. The monoisotopic (exact) mass is 323 g/mol. The zero-order valence-corrected chi connectivity index (χ0v) is 14.3. The van der Waals surface area contributed by atoms with Gasteiger partial charge in [0.05, 0.1) is 5.56 Å². The van der Waals surface area contributed by atoms with E-state index >= 15 is 0 Å². The second-order valence-electron chi connectivity index (χ2n) is 6.48. The molecule has 126 valence electrons. The number of para-hydroxylation sites is 1. The summed E-state index contributed by atoms with van der Waals surface area (Å²) >= 11 is 0. The topological polar surface area (TPSA) is 29.5 Å². The van der Waals surface area contributed by atoms with Crippen molar-refractivity contribution in [2.75, 3.05) is 7.05 Å². The van der Waals surface area contributed by atoms with Gasteiger partial charge in [-0.05, 0) is 30.5 Å². The molecule has 1 amide bonds. The van der Waals surface area contributed by atoms with Crippen LogP contribution in [0.2, 0.25) is 0 Å². The van der Waals surface area contributed by atoms with Gasteiger partial charge in [0.15, 0.2) is 0 Å². The van der Waals surface area contributed by atoms with Crippen LogP contribution in [0.1, 0.15) is 48.0 Å². The first-order valence-corrected chi connectivity index (χ1v) is 8.78. The van der Waals surface area contributed by atoms with Gasteiger partial charge in [-0.3, -0.25) is 4.79 Å². The summed E-state index contributed by atoms with van der Waals surface area (Å²) in [6, 6.07) is 17.9. The lowest BCUT2D eigenvalue weighted by atomic mass is 9.94. The molecule has 3 nitrogen and oxygen atoms in total. The van der Waals surface area contributed by atoms with Crippen molar-refractivity contribution in [1.82, 2.24) is 4.90 Å². The summed E-state index contributed by atoms with van der Waals surface area (Å²) in [5.41, 5.74) is 1.75. The van der Waals surface area contributed by atoms with Crippen LogP contribution in [0, 0.1) is 0 Å². The maximum Gasteiger partial charge on any atom is 0.257 e. The minimum atomic E-state index is 0.0607.